The highest BCUT2D eigenvalue weighted by atomic mass is 32.2. The summed E-state index contributed by atoms with van der Waals surface area (Å²) in [6.45, 7) is -2.11. The Morgan fingerprint density at radius 1 is 1.18 bits per heavy atom. The minimum atomic E-state index is -3.74. The third-order valence-corrected chi connectivity index (χ3v) is 7.44. The molecule has 1 spiro atoms. The number of amides is 1. The highest BCUT2D eigenvalue weighted by Gasteiger charge is 2.44. The molecule has 1 saturated heterocycles. The Bertz CT molecular complexity index is 1150. The molecule has 2 aromatic rings. The molecule has 1 aliphatic carbocycles. The number of benzene rings is 1. The van der Waals surface area contributed by atoms with E-state index < -0.39 is 34.9 Å². The number of aliphatic hydroxyl groups excluding tert-OH is 1. The Labute approximate surface area is 196 Å². The summed E-state index contributed by atoms with van der Waals surface area (Å²) in [4.78, 5) is 19.0. The maximum atomic E-state index is 13.1. The van der Waals surface area contributed by atoms with Crippen LogP contribution in [0.25, 0.3) is 0 Å². The quantitative estimate of drug-likeness (QED) is 0.488. The summed E-state index contributed by atoms with van der Waals surface area (Å²) in [6.07, 6.45) is 4.39. The van der Waals surface area contributed by atoms with Gasteiger partial charge in [0.15, 0.2) is 0 Å². The summed E-state index contributed by atoms with van der Waals surface area (Å²) in [5.74, 6) is -1.25. The summed E-state index contributed by atoms with van der Waals surface area (Å²) >= 11 is 0. The van der Waals surface area contributed by atoms with Crippen LogP contribution in [0.3, 0.4) is 0 Å². The fourth-order valence-electron chi connectivity index (χ4n) is 4.12. The van der Waals surface area contributed by atoms with Gasteiger partial charge in [-0.3, -0.25) is 9.52 Å². The molecule has 0 radical (unpaired) electrons. The molecule has 1 saturated carbocycles. The number of halogens is 2. The summed E-state index contributed by atoms with van der Waals surface area (Å²) in [7, 11) is -3.74. The van der Waals surface area contributed by atoms with Gasteiger partial charge in [0.2, 0.25) is 15.9 Å². The van der Waals surface area contributed by atoms with Crippen molar-refractivity contribution in [3.63, 3.8) is 0 Å². The lowest BCUT2D eigenvalue weighted by molar-refractivity contribution is -0.0527. The molecule has 0 bridgehead atoms. The zero-order valence-electron chi connectivity index (χ0n) is 18.3. The molecule has 2 fully saturated rings. The van der Waals surface area contributed by atoms with Crippen molar-refractivity contribution >= 4 is 33.1 Å². The van der Waals surface area contributed by atoms with Gasteiger partial charge < -0.3 is 20.1 Å². The topological polar surface area (TPSA) is 121 Å². The van der Waals surface area contributed by atoms with Crippen molar-refractivity contribution in [3.05, 3.63) is 42.0 Å². The Morgan fingerprint density at radius 2 is 1.91 bits per heavy atom. The fourth-order valence-corrected chi connectivity index (χ4v) is 4.95. The van der Waals surface area contributed by atoms with E-state index in [1.54, 1.807) is 6.07 Å². The zero-order valence-corrected chi connectivity index (χ0v) is 19.2. The van der Waals surface area contributed by atoms with Gasteiger partial charge in [0.05, 0.1) is 29.3 Å². The standard InChI is InChI=1S/C22H26F2N4O5S/c23-21(24)33-19-3-1-2-18(25-19)26-20(30)16-5-4-15(27-34(31,32)13-12-29)14-17(16)28-10-8-22(6-7-22)9-11-28/h1-5,14,21,27,29H,6-13H2,(H,25,26,30). The van der Waals surface area contributed by atoms with Gasteiger partial charge in [0.1, 0.15) is 5.82 Å². The predicted octanol–water partition coefficient (Wildman–Crippen LogP) is 3.05. The van der Waals surface area contributed by atoms with Crippen LogP contribution in [0, 0.1) is 5.41 Å². The number of piperidine rings is 1. The van der Waals surface area contributed by atoms with Gasteiger partial charge in [-0.15, -0.1) is 0 Å². The number of carbonyl (C=O) groups excluding carboxylic acids is 1. The first-order valence-electron chi connectivity index (χ1n) is 10.9. The van der Waals surface area contributed by atoms with Crippen molar-refractivity contribution in [1.29, 1.82) is 0 Å². The number of hydrogen-bond donors (Lipinski definition) is 3. The van der Waals surface area contributed by atoms with Crippen LogP contribution in [0.2, 0.25) is 0 Å². The Balaban J connectivity index is 1.59. The van der Waals surface area contributed by atoms with Crippen molar-refractivity contribution in [3.8, 4) is 5.88 Å². The molecule has 1 aromatic carbocycles. The van der Waals surface area contributed by atoms with Gasteiger partial charge >= 0.3 is 6.61 Å². The normalized spacial score (nSPS) is 17.0. The second-order valence-electron chi connectivity index (χ2n) is 8.56. The molecule has 34 heavy (non-hydrogen) atoms. The molecule has 0 atom stereocenters. The number of carbonyl (C=O) groups is 1. The molecule has 1 aliphatic heterocycles. The van der Waals surface area contributed by atoms with Gasteiger partial charge in [-0.25, -0.2) is 8.42 Å². The van der Waals surface area contributed by atoms with Gasteiger partial charge in [0.25, 0.3) is 5.91 Å². The first-order chi connectivity index (χ1) is 16.2. The number of nitrogens with one attached hydrogen (secondary N) is 2. The highest BCUT2D eigenvalue weighted by molar-refractivity contribution is 7.92. The van der Waals surface area contributed by atoms with Crippen molar-refractivity contribution in [2.75, 3.05) is 40.4 Å². The smallest absolute Gasteiger partial charge is 0.388 e. The number of alkyl halides is 2. The molecule has 4 rings (SSSR count). The van der Waals surface area contributed by atoms with Crippen LogP contribution in [-0.4, -0.2) is 56.5 Å². The van der Waals surface area contributed by atoms with E-state index in [1.165, 1.54) is 43.2 Å². The lowest BCUT2D eigenvalue weighted by atomic mass is 9.93. The molecule has 2 aliphatic rings. The summed E-state index contributed by atoms with van der Waals surface area (Å²) in [6, 6.07) is 8.69. The molecular weight excluding hydrogens is 470 g/mol. The van der Waals surface area contributed by atoms with E-state index in [0.717, 1.165) is 25.9 Å². The average molecular weight is 497 g/mol. The van der Waals surface area contributed by atoms with Crippen LogP contribution in [0.15, 0.2) is 36.4 Å². The molecule has 0 unspecified atom stereocenters. The molecule has 184 valence electrons. The van der Waals surface area contributed by atoms with Gasteiger partial charge in [0, 0.05) is 19.2 Å². The number of pyridine rings is 1. The fraction of sp³-hybridized carbons (Fsp3) is 0.455. The van der Waals surface area contributed by atoms with Crippen LogP contribution < -0.4 is 19.7 Å². The Kier molecular flexibility index (Phi) is 6.89. The van der Waals surface area contributed by atoms with E-state index in [-0.39, 0.29) is 17.4 Å². The SMILES string of the molecule is O=C(Nc1cccc(OC(F)F)n1)c1ccc(NS(=O)(=O)CCO)cc1N1CCC2(CC1)CC2. The van der Waals surface area contributed by atoms with Crippen LogP contribution in [-0.2, 0) is 10.0 Å². The van der Waals surface area contributed by atoms with E-state index >= 15 is 0 Å². The zero-order chi connectivity index (χ0) is 24.3. The summed E-state index contributed by atoms with van der Waals surface area (Å²) in [5.41, 5.74) is 1.52. The average Bonchev–Trinajstić information content (AvgIpc) is 3.52. The second-order valence-corrected chi connectivity index (χ2v) is 10.4. The number of aromatic nitrogens is 1. The van der Waals surface area contributed by atoms with Gasteiger partial charge in [-0.1, -0.05) is 6.07 Å². The van der Waals surface area contributed by atoms with Crippen molar-refractivity contribution < 1.29 is 31.8 Å². The number of nitrogens with zero attached hydrogens (tertiary/aromatic N) is 2. The van der Waals surface area contributed by atoms with Gasteiger partial charge in [-0.05, 0) is 55.4 Å². The second kappa shape index (κ2) is 9.71. The third-order valence-electron chi connectivity index (χ3n) is 6.17. The molecule has 3 N–H and O–H groups in total. The van der Waals surface area contributed by atoms with E-state index in [9.17, 15) is 22.0 Å². The summed E-state index contributed by atoms with van der Waals surface area (Å²) in [5, 5.41) is 11.6. The lowest BCUT2D eigenvalue weighted by Gasteiger charge is -2.35. The van der Waals surface area contributed by atoms with E-state index in [0.29, 0.717) is 16.7 Å². The number of ether oxygens (including phenoxy) is 1. The molecule has 1 amide bonds. The monoisotopic (exact) mass is 496 g/mol. The molecule has 2 heterocycles. The molecule has 12 heteroatoms. The number of aliphatic hydroxyl groups is 1. The first kappa shape index (κ1) is 24.1. The maximum absolute atomic E-state index is 13.1. The number of hydrogen-bond acceptors (Lipinski definition) is 7. The Morgan fingerprint density at radius 3 is 2.56 bits per heavy atom. The number of sulfonamides is 1. The van der Waals surface area contributed by atoms with E-state index in [1.807, 2.05) is 4.90 Å². The predicted molar refractivity (Wildman–Crippen MR) is 123 cm³/mol. The van der Waals surface area contributed by atoms with Gasteiger partial charge in [-0.2, -0.15) is 13.8 Å². The maximum Gasteiger partial charge on any atom is 0.388 e. The van der Waals surface area contributed by atoms with Crippen molar-refractivity contribution in [2.24, 2.45) is 5.41 Å². The van der Waals surface area contributed by atoms with Crippen LogP contribution in [0.4, 0.5) is 26.0 Å². The van der Waals surface area contributed by atoms with E-state index in [2.05, 4.69) is 19.8 Å². The first-order valence-corrected chi connectivity index (χ1v) is 12.6. The summed E-state index contributed by atoms with van der Waals surface area (Å²) < 4.78 is 55.9. The third kappa shape index (κ3) is 5.92. The van der Waals surface area contributed by atoms with Crippen LogP contribution in [0.1, 0.15) is 36.0 Å². The van der Waals surface area contributed by atoms with Crippen LogP contribution in [0.5, 0.6) is 5.88 Å². The molecule has 1 aromatic heterocycles. The highest BCUT2D eigenvalue weighted by Crippen LogP contribution is 2.54. The Hall–Kier alpha value is -2.99. The van der Waals surface area contributed by atoms with Crippen molar-refractivity contribution in [1.82, 2.24) is 4.98 Å². The number of rotatable bonds is 9. The molecule has 9 nitrogen and oxygen atoms in total. The molecular formula is C22H26F2N4O5S. The van der Waals surface area contributed by atoms with E-state index in [4.69, 9.17) is 5.11 Å². The van der Waals surface area contributed by atoms with Crippen molar-refractivity contribution in [2.45, 2.75) is 32.3 Å². The number of anilines is 3. The minimum absolute atomic E-state index is 0.0393. The largest absolute Gasteiger partial charge is 0.417 e. The lowest BCUT2D eigenvalue weighted by Crippen LogP contribution is -2.35. The minimum Gasteiger partial charge on any atom is -0.417 e. The van der Waals surface area contributed by atoms with Crippen LogP contribution >= 0.6 is 0 Å².